The second kappa shape index (κ2) is 10.3. The van der Waals surface area contributed by atoms with Gasteiger partial charge in [0.25, 0.3) is 11.8 Å². The third-order valence-corrected chi connectivity index (χ3v) is 3.66. The first kappa shape index (κ1) is 22.7. The van der Waals surface area contributed by atoms with Crippen molar-refractivity contribution in [1.82, 2.24) is 5.32 Å². The van der Waals surface area contributed by atoms with Crippen LogP contribution in [0.4, 0.5) is 18.9 Å². The number of amides is 2. The molecule has 0 saturated heterocycles. The van der Waals surface area contributed by atoms with Crippen LogP contribution in [0, 0.1) is 0 Å². The molecule has 2 amide bonds. The molecule has 160 valence electrons. The SMILES string of the molecule is CCOc1ccccc1C(=O)NCC(=O)OCC(=O)Nc1cccc(C(F)(F)F)c1. The van der Waals surface area contributed by atoms with Crippen molar-refractivity contribution in [2.75, 3.05) is 25.1 Å². The second-order valence-electron chi connectivity index (χ2n) is 5.90. The Bertz CT molecular complexity index is 915. The molecule has 0 heterocycles. The second-order valence-corrected chi connectivity index (χ2v) is 5.90. The summed E-state index contributed by atoms with van der Waals surface area (Å²) < 4.78 is 48.1. The molecule has 0 aliphatic rings. The summed E-state index contributed by atoms with van der Waals surface area (Å²) in [7, 11) is 0. The predicted octanol–water partition coefficient (Wildman–Crippen LogP) is 3.02. The lowest BCUT2D eigenvalue weighted by atomic mass is 10.2. The van der Waals surface area contributed by atoms with Crippen LogP contribution >= 0.6 is 0 Å². The van der Waals surface area contributed by atoms with E-state index in [0.29, 0.717) is 12.4 Å². The maximum Gasteiger partial charge on any atom is 0.416 e. The average Bonchev–Trinajstić information content (AvgIpc) is 2.70. The number of carbonyl (C=O) groups is 3. The standard InChI is InChI=1S/C20H19F3N2O5/c1-2-29-16-9-4-3-8-15(16)19(28)24-11-18(27)30-12-17(26)25-14-7-5-6-13(10-14)20(21,22)23/h3-10H,2,11-12H2,1H3,(H,24,28)(H,25,26). The molecule has 0 unspecified atom stereocenters. The molecule has 0 aliphatic carbocycles. The summed E-state index contributed by atoms with van der Waals surface area (Å²) in [6.07, 6.45) is -4.55. The van der Waals surface area contributed by atoms with Gasteiger partial charge in [-0.25, -0.2) is 0 Å². The van der Waals surface area contributed by atoms with Crippen LogP contribution in [0.25, 0.3) is 0 Å². The van der Waals surface area contributed by atoms with E-state index in [9.17, 15) is 27.6 Å². The van der Waals surface area contributed by atoms with Crippen molar-refractivity contribution in [2.45, 2.75) is 13.1 Å². The van der Waals surface area contributed by atoms with Gasteiger partial charge < -0.3 is 20.1 Å². The largest absolute Gasteiger partial charge is 0.493 e. The minimum Gasteiger partial charge on any atom is -0.493 e. The van der Waals surface area contributed by atoms with E-state index in [1.165, 1.54) is 12.1 Å². The summed E-state index contributed by atoms with van der Waals surface area (Å²) >= 11 is 0. The van der Waals surface area contributed by atoms with Crippen molar-refractivity contribution in [3.05, 3.63) is 59.7 Å². The molecule has 7 nitrogen and oxygen atoms in total. The van der Waals surface area contributed by atoms with Crippen LogP contribution in [0.5, 0.6) is 5.75 Å². The highest BCUT2D eigenvalue weighted by molar-refractivity contribution is 5.98. The number of ether oxygens (including phenoxy) is 2. The Hall–Kier alpha value is -3.56. The molecule has 0 bridgehead atoms. The van der Waals surface area contributed by atoms with Crippen LogP contribution < -0.4 is 15.4 Å². The van der Waals surface area contributed by atoms with Gasteiger partial charge >= 0.3 is 12.1 Å². The van der Waals surface area contributed by atoms with Gasteiger partial charge in [0, 0.05) is 5.69 Å². The molecule has 0 aromatic heterocycles. The fraction of sp³-hybridized carbons (Fsp3) is 0.250. The fourth-order valence-corrected chi connectivity index (χ4v) is 2.35. The summed E-state index contributed by atoms with van der Waals surface area (Å²) in [5, 5.41) is 4.55. The molecule has 10 heteroatoms. The van der Waals surface area contributed by atoms with Crippen molar-refractivity contribution in [3.8, 4) is 5.75 Å². The van der Waals surface area contributed by atoms with Gasteiger partial charge in [-0.2, -0.15) is 13.2 Å². The summed E-state index contributed by atoms with van der Waals surface area (Å²) in [4.78, 5) is 35.7. The number of hydrogen-bond acceptors (Lipinski definition) is 5. The van der Waals surface area contributed by atoms with E-state index in [1.54, 1.807) is 25.1 Å². The van der Waals surface area contributed by atoms with E-state index >= 15 is 0 Å². The van der Waals surface area contributed by atoms with E-state index < -0.39 is 42.7 Å². The van der Waals surface area contributed by atoms with E-state index in [1.807, 2.05) is 0 Å². The average molecular weight is 424 g/mol. The summed E-state index contributed by atoms with van der Waals surface area (Å²) in [6.45, 7) is 0.889. The van der Waals surface area contributed by atoms with Gasteiger partial charge in [0.1, 0.15) is 12.3 Å². The van der Waals surface area contributed by atoms with E-state index in [2.05, 4.69) is 10.6 Å². The van der Waals surface area contributed by atoms with Crippen LogP contribution in [-0.4, -0.2) is 37.5 Å². The fourth-order valence-electron chi connectivity index (χ4n) is 2.35. The van der Waals surface area contributed by atoms with Crippen LogP contribution in [-0.2, 0) is 20.5 Å². The highest BCUT2D eigenvalue weighted by Gasteiger charge is 2.30. The van der Waals surface area contributed by atoms with E-state index in [4.69, 9.17) is 9.47 Å². The summed E-state index contributed by atoms with van der Waals surface area (Å²) in [5.74, 6) is -1.93. The zero-order chi connectivity index (χ0) is 22.1. The summed E-state index contributed by atoms with van der Waals surface area (Å²) in [6, 6.07) is 10.5. The van der Waals surface area contributed by atoms with Crippen LogP contribution in [0.15, 0.2) is 48.5 Å². The van der Waals surface area contributed by atoms with Crippen molar-refractivity contribution >= 4 is 23.5 Å². The number of benzene rings is 2. The third-order valence-electron chi connectivity index (χ3n) is 3.66. The Morgan fingerprint density at radius 3 is 2.47 bits per heavy atom. The van der Waals surface area contributed by atoms with Gasteiger partial charge in [0.2, 0.25) is 0 Å². The van der Waals surface area contributed by atoms with Gasteiger partial charge in [-0.15, -0.1) is 0 Å². The van der Waals surface area contributed by atoms with Crippen molar-refractivity contribution in [1.29, 1.82) is 0 Å². The third kappa shape index (κ3) is 6.80. The number of esters is 1. The Morgan fingerprint density at radius 2 is 1.77 bits per heavy atom. The molecule has 2 N–H and O–H groups in total. The molecule has 2 aromatic rings. The normalized spacial score (nSPS) is 10.8. The highest BCUT2D eigenvalue weighted by Crippen LogP contribution is 2.30. The van der Waals surface area contributed by atoms with Gasteiger partial charge in [0.05, 0.1) is 17.7 Å². The van der Waals surface area contributed by atoms with Crippen molar-refractivity contribution < 1.29 is 37.0 Å². The number of carbonyl (C=O) groups excluding carboxylic acids is 3. The van der Waals surface area contributed by atoms with Gasteiger partial charge in [-0.05, 0) is 37.3 Å². The minimum absolute atomic E-state index is 0.0910. The molecule has 2 rings (SSSR count). The molecule has 0 fully saturated rings. The molecule has 0 aliphatic heterocycles. The number of anilines is 1. The molecule has 0 spiro atoms. The first-order valence-electron chi connectivity index (χ1n) is 8.83. The number of para-hydroxylation sites is 1. The molecule has 0 radical (unpaired) electrons. The van der Waals surface area contributed by atoms with Gasteiger partial charge in [0.15, 0.2) is 6.61 Å². The zero-order valence-corrected chi connectivity index (χ0v) is 15.9. The van der Waals surface area contributed by atoms with Crippen molar-refractivity contribution in [3.63, 3.8) is 0 Å². The first-order valence-corrected chi connectivity index (χ1v) is 8.83. The van der Waals surface area contributed by atoms with Gasteiger partial charge in [-0.1, -0.05) is 18.2 Å². The lowest BCUT2D eigenvalue weighted by molar-refractivity contribution is -0.146. The van der Waals surface area contributed by atoms with E-state index in [-0.39, 0.29) is 11.3 Å². The maximum atomic E-state index is 12.7. The summed E-state index contributed by atoms with van der Waals surface area (Å²) in [5.41, 5.74) is -0.784. The molecule has 0 atom stereocenters. The lowest BCUT2D eigenvalue weighted by Crippen LogP contribution is -2.32. The first-order chi connectivity index (χ1) is 14.2. The number of halogens is 3. The van der Waals surface area contributed by atoms with Crippen molar-refractivity contribution in [2.24, 2.45) is 0 Å². The molecule has 2 aromatic carbocycles. The number of nitrogens with one attached hydrogen (secondary N) is 2. The molecular weight excluding hydrogens is 405 g/mol. The topological polar surface area (TPSA) is 93.7 Å². The van der Waals surface area contributed by atoms with Gasteiger partial charge in [-0.3, -0.25) is 14.4 Å². The zero-order valence-electron chi connectivity index (χ0n) is 15.9. The molecule has 30 heavy (non-hydrogen) atoms. The molecular formula is C20H19F3N2O5. The lowest BCUT2D eigenvalue weighted by Gasteiger charge is -2.11. The van der Waals surface area contributed by atoms with Crippen LogP contribution in [0.1, 0.15) is 22.8 Å². The number of hydrogen-bond donors (Lipinski definition) is 2. The smallest absolute Gasteiger partial charge is 0.416 e. The van der Waals surface area contributed by atoms with E-state index in [0.717, 1.165) is 18.2 Å². The monoisotopic (exact) mass is 424 g/mol. The quantitative estimate of drug-likeness (QED) is 0.636. The minimum atomic E-state index is -4.55. The predicted molar refractivity (Wildman–Crippen MR) is 101 cm³/mol. The maximum absolute atomic E-state index is 12.7. The highest BCUT2D eigenvalue weighted by atomic mass is 19.4. The number of rotatable bonds is 8. The van der Waals surface area contributed by atoms with Crippen LogP contribution in [0.2, 0.25) is 0 Å². The Kier molecular flexibility index (Phi) is 7.79. The molecule has 0 saturated carbocycles. The number of alkyl halides is 3. The Balaban J connectivity index is 1.81. The Labute approximate surface area is 170 Å². The van der Waals surface area contributed by atoms with Crippen LogP contribution in [0.3, 0.4) is 0 Å². The Morgan fingerprint density at radius 1 is 1.03 bits per heavy atom.